The molecule has 0 atom stereocenters. The second-order valence-electron chi connectivity index (χ2n) is 2.55. The van der Waals surface area contributed by atoms with Crippen LogP contribution in [0, 0.1) is 0 Å². The second-order valence-corrected chi connectivity index (χ2v) is 2.55. The van der Waals surface area contributed by atoms with Gasteiger partial charge in [0, 0.05) is 12.7 Å². The Labute approximate surface area is 67.1 Å². The summed E-state index contributed by atoms with van der Waals surface area (Å²) in [6.07, 6.45) is 1.69. The molecule has 0 saturated carbocycles. The molecule has 0 fully saturated rings. The molecular weight excluding hydrogens is 138 g/mol. The van der Waals surface area contributed by atoms with Crippen LogP contribution >= 0.6 is 0 Å². The Kier molecular flexibility index (Phi) is 2.98. The van der Waals surface area contributed by atoms with Gasteiger partial charge in [0.2, 0.25) is 0 Å². The normalized spacial score (nSPS) is 10.5. The van der Waals surface area contributed by atoms with Gasteiger partial charge in [0.15, 0.2) is 0 Å². The molecule has 0 bridgehead atoms. The minimum Gasteiger partial charge on any atom is -0.301 e. The van der Waals surface area contributed by atoms with E-state index >= 15 is 0 Å². The van der Waals surface area contributed by atoms with Crippen molar-refractivity contribution in [3.8, 4) is 0 Å². The zero-order valence-electron chi connectivity index (χ0n) is 6.99. The van der Waals surface area contributed by atoms with Crippen molar-refractivity contribution >= 4 is 0 Å². The maximum absolute atomic E-state index is 3.98. The Morgan fingerprint density at radius 3 is 2.91 bits per heavy atom. The largest absolute Gasteiger partial charge is 0.301 e. The van der Waals surface area contributed by atoms with Crippen molar-refractivity contribution in [2.45, 2.75) is 13.5 Å². The fraction of sp³-hybridized carbons (Fsp3) is 0.500. The first kappa shape index (κ1) is 8.14. The maximum atomic E-state index is 3.98. The zero-order chi connectivity index (χ0) is 8.10. The van der Waals surface area contributed by atoms with E-state index in [2.05, 4.69) is 29.1 Å². The van der Waals surface area contributed by atoms with Gasteiger partial charge in [-0.3, -0.25) is 0 Å². The van der Waals surface area contributed by atoms with Crippen molar-refractivity contribution < 1.29 is 0 Å². The highest BCUT2D eigenvalue weighted by Gasteiger charge is 1.96. The molecule has 0 aromatic carbocycles. The van der Waals surface area contributed by atoms with Crippen LogP contribution in [-0.2, 0) is 6.54 Å². The van der Waals surface area contributed by atoms with Gasteiger partial charge >= 0.3 is 0 Å². The smallest absolute Gasteiger partial charge is 0.0771 e. The Bertz CT molecular complexity index is 198. The summed E-state index contributed by atoms with van der Waals surface area (Å²) >= 11 is 0. The highest BCUT2D eigenvalue weighted by atomic mass is 15.1. The molecule has 0 aliphatic carbocycles. The van der Waals surface area contributed by atoms with Crippen molar-refractivity contribution in [1.29, 1.82) is 0 Å². The SMILES string of the molecule is CCN(C)Cc1cccnn1. The van der Waals surface area contributed by atoms with Gasteiger partial charge < -0.3 is 4.90 Å². The Hall–Kier alpha value is -0.960. The molecule has 11 heavy (non-hydrogen) atoms. The van der Waals surface area contributed by atoms with Crippen molar-refractivity contribution in [3.05, 3.63) is 24.0 Å². The van der Waals surface area contributed by atoms with Crippen molar-refractivity contribution in [2.24, 2.45) is 0 Å². The highest BCUT2D eigenvalue weighted by molar-refractivity contribution is 4.98. The molecule has 3 heteroatoms. The van der Waals surface area contributed by atoms with Gasteiger partial charge in [-0.1, -0.05) is 6.92 Å². The van der Waals surface area contributed by atoms with E-state index in [1.165, 1.54) is 0 Å². The van der Waals surface area contributed by atoms with E-state index in [9.17, 15) is 0 Å². The van der Waals surface area contributed by atoms with E-state index in [0.717, 1.165) is 18.8 Å². The summed E-state index contributed by atoms with van der Waals surface area (Å²) in [5.41, 5.74) is 1.02. The minimum absolute atomic E-state index is 0.879. The Morgan fingerprint density at radius 1 is 1.55 bits per heavy atom. The molecule has 1 rings (SSSR count). The fourth-order valence-corrected chi connectivity index (χ4v) is 0.806. The molecule has 60 valence electrons. The van der Waals surface area contributed by atoms with E-state index < -0.39 is 0 Å². The molecule has 3 nitrogen and oxygen atoms in total. The molecule has 0 N–H and O–H groups in total. The molecule has 0 unspecified atom stereocenters. The van der Waals surface area contributed by atoms with Crippen LogP contribution in [0.15, 0.2) is 18.3 Å². The third kappa shape index (κ3) is 2.63. The molecule has 1 aromatic heterocycles. The predicted molar refractivity (Wildman–Crippen MR) is 44.0 cm³/mol. The van der Waals surface area contributed by atoms with E-state index in [4.69, 9.17) is 0 Å². The van der Waals surface area contributed by atoms with Gasteiger partial charge in [-0.25, -0.2) is 0 Å². The first-order valence-electron chi connectivity index (χ1n) is 3.78. The molecule has 1 heterocycles. The third-order valence-electron chi connectivity index (χ3n) is 1.60. The number of hydrogen-bond donors (Lipinski definition) is 0. The average molecular weight is 151 g/mol. The van der Waals surface area contributed by atoms with Crippen LogP contribution < -0.4 is 0 Å². The van der Waals surface area contributed by atoms with Gasteiger partial charge in [-0.15, -0.1) is 0 Å². The van der Waals surface area contributed by atoms with Crippen LogP contribution in [0.25, 0.3) is 0 Å². The predicted octanol–water partition coefficient (Wildman–Crippen LogP) is 0.928. The lowest BCUT2D eigenvalue weighted by Gasteiger charge is -2.11. The lowest BCUT2D eigenvalue weighted by molar-refractivity contribution is 0.340. The van der Waals surface area contributed by atoms with E-state index in [1.54, 1.807) is 6.20 Å². The molecule has 0 amide bonds. The van der Waals surface area contributed by atoms with Gasteiger partial charge in [0.05, 0.1) is 5.69 Å². The van der Waals surface area contributed by atoms with Crippen LogP contribution in [0.5, 0.6) is 0 Å². The topological polar surface area (TPSA) is 29.0 Å². The second kappa shape index (κ2) is 4.03. The summed E-state index contributed by atoms with van der Waals surface area (Å²) in [5.74, 6) is 0. The quantitative estimate of drug-likeness (QED) is 0.643. The van der Waals surface area contributed by atoms with Crippen molar-refractivity contribution in [3.63, 3.8) is 0 Å². The van der Waals surface area contributed by atoms with Gasteiger partial charge in [-0.2, -0.15) is 10.2 Å². The Balaban J connectivity index is 2.51. The monoisotopic (exact) mass is 151 g/mol. The van der Waals surface area contributed by atoms with Crippen LogP contribution in [-0.4, -0.2) is 28.7 Å². The van der Waals surface area contributed by atoms with E-state index in [-0.39, 0.29) is 0 Å². The lowest BCUT2D eigenvalue weighted by Crippen LogP contribution is -2.17. The van der Waals surface area contributed by atoms with Crippen LogP contribution in [0.1, 0.15) is 12.6 Å². The summed E-state index contributed by atoms with van der Waals surface area (Å²) in [6, 6.07) is 3.89. The van der Waals surface area contributed by atoms with E-state index in [0.29, 0.717) is 0 Å². The van der Waals surface area contributed by atoms with Gasteiger partial charge in [-0.05, 0) is 25.7 Å². The average Bonchev–Trinajstić information content (AvgIpc) is 2.06. The summed E-state index contributed by atoms with van der Waals surface area (Å²) < 4.78 is 0. The number of hydrogen-bond acceptors (Lipinski definition) is 3. The van der Waals surface area contributed by atoms with Crippen molar-refractivity contribution in [2.75, 3.05) is 13.6 Å². The Morgan fingerprint density at radius 2 is 2.36 bits per heavy atom. The maximum Gasteiger partial charge on any atom is 0.0771 e. The number of rotatable bonds is 3. The summed E-state index contributed by atoms with van der Waals surface area (Å²) in [5, 5.41) is 7.77. The summed E-state index contributed by atoms with van der Waals surface area (Å²) in [7, 11) is 2.06. The molecule has 0 aliphatic heterocycles. The summed E-state index contributed by atoms with van der Waals surface area (Å²) in [4.78, 5) is 2.18. The molecular formula is C8H13N3. The first-order chi connectivity index (χ1) is 5.33. The van der Waals surface area contributed by atoms with E-state index in [1.807, 2.05) is 12.1 Å². The number of aromatic nitrogens is 2. The standard InChI is InChI=1S/C8H13N3/c1-3-11(2)7-8-5-4-6-9-10-8/h4-6H,3,7H2,1-2H3. The molecule has 0 saturated heterocycles. The summed E-state index contributed by atoms with van der Waals surface area (Å²) in [6.45, 7) is 4.04. The minimum atomic E-state index is 0.879. The zero-order valence-corrected chi connectivity index (χ0v) is 6.99. The van der Waals surface area contributed by atoms with Gasteiger partial charge in [0.25, 0.3) is 0 Å². The first-order valence-corrected chi connectivity index (χ1v) is 3.78. The molecule has 0 radical (unpaired) electrons. The number of nitrogens with zero attached hydrogens (tertiary/aromatic N) is 3. The third-order valence-corrected chi connectivity index (χ3v) is 1.60. The van der Waals surface area contributed by atoms with Crippen LogP contribution in [0.3, 0.4) is 0 Å². The van der Waals surface area contributed by atoms with Gasteiger partial charge in [0.1, 0.15) is 0 Å². The van der Waals surface area contributed by atoms with Crippen LogP contribution in [0.4, 0.5) is 0 Å². The molecule has 0 aliphatic rings. The highest BCUT2D eigenvalue weighted by Crippen LogP contribution is 1.95. The van der Waals surface area contributed by atoms with Crippen LogP contribution in [0.2, 0.25) is 0 Å². The molecule has 0 spiro atoms. The fourth-order valence-electron chi connectivity index (χ4n) is 0.806. The van der Waals surface area contributed by atoms with Crippen molar-refractivity contribution in [1.82, 2.24) is 15.1 Å². The lowest BCUT2D eigenvalue weighted by atomic mass is 10.4. The molecule has 1 aromatic rings.